The smallest absolute Gasteiger partial charge is 0.340 e. The third-order valence-electron chi connectivity index (χ3n) is 1.88. The number of aromatic nitrogens is 1. The Labute approximate surface area is 94.2 Å². The summed E-state index contributed by atoms with van der Waals surface area (Å²) >= 11 is 5.42. The summed E-state index contributed by atoms with van der Waals surface area (Å²) in [6, 6.07) is 0. The van der Waals surface area contributed by atoms with Gasteiger partial charge in [0.1, 0.15) is 0 Å². The van der Waals surface area contributed by atoms with Gasteiger partial charge in [-0.05, 0) is 0 Å². The van der Waals surface area contributed by atoms with Crippen molar-refractivity contribution in [3.05, 3.63) is 28.8 Å². The fourth-order valence-corrected chi connectivity index (χ4v) is 1.39. The first-order chi connectivity index (χ1) is 7.52. The Balaban J connectivity index is 3.48. The van der Waals surface area contributed by atoms with Crippen LogP contribution in [0.5, 0.6) is 0 Å². The highest BCUT2D eigenvalue weighted by molar-refractivity contribution is 6.17. The maximum Gasteiger partial charge on any atom is 0.340 e. The highest BCUT2D eigenvalue weighted by Crippen LogP contribution is 2.28. The zero-order chi connectivity index (χ0) is 12.3. The number of rotatable bonds is 3. The van der Waals surface area contributed by atoms with Gasteiger partial charge in [-0.3, -0.25) is 4.98 Å². The van der Waals surface area contributed by atoms with E-state index in [9.17, 15) is 18.0 Å². The molecule has 0 spiro atoms. The van der Waals surface area contributed by atoms with Crippen molar-refractivity contribution in [3.63, 3.8) is 0 Å². The summed E-state index contributed by atoms with van der Waals surface area (Å²) in [4.78, 5) is 14.7. The average molecular weight is 254 g/mol. The van der Waals surface area contributed by atoms with Crippen LogP contribution in [0.4, 0.5) is 13.2 Å². The van der Waals surface area contributed by atoms with E-state index >= 15 is 0 Å². The van der Waals surface area contributed by atoms with Gasteiger partial charge < -0.3 is 4.74 Å². The van der Waals surface area contributed by atoms with Gasteiger partial charge in [-0.25, -0.2) is 18.0 Å². The Morgan fingerprint density at radius 2 is 2.25 bits per heavy atom. The lowest BCUT2D eigenvalue weighted by atomic mass is 10.1. The summed E-state index contributed by atoms with van der Waals surface area (Å²) < 4.78 is 42.6. The molecule has 16 heavy (non-hydrogen) atoms. The van der Waals surface area contributed by atoms with Crippen LogP contribution in [0.2, 0.25) is 0 Å². The molecule has 1 heterocycles. The number of pyridine rings is 1. The van der Waals surface area contributed by atoms with Gasteiger partial charge in [0.05, 0.1) is 36.0 Å². The molecule has 7 heteroatoms. The standard InChI is InChI=1S/C9H7ClF3NO2/c1-16-9(15)7-5(2-10)14-3-4(11)6(7)8(12)13/h3,8H,2H2,1H3. The monoisotopic (exact) mass is 253 g/mol. The van der Waals surface area contributed by atoms with Crippen LogP contribution in [-0.2, 0) is 10.6 Å². The Hall–Kier alpha value is -1.30. The van der Waals surface area contributed by atoms with Gasteiger partial charge in [0.15, 0.2) is 5.82 Å². The number of nitrogens with zero attached hydrogens (tertiary/aromatic N) is 1. The summed E-state index contributed by atoms with van der Waals surface area (Å²) in [5, 5.41) is 0. The van der Waals surface area contributed by atoms with Crippen molar-refractivity contribution in [2.24, 2.45) is 0 Å². The van der Waals surface area contributed by atoms with Gasteiger partial charge in [0, 0.05) is 0 Å². The summed E-state index contributed by atoms with van der Waals surface area (Å²) in [5.74, 6) is -2.63. The topological polar surface area (TPSA) is 39.2 Å². The number of esters is 1. The first-order valence-electron chi connectivity index (χ1n) is 4.12. The number of hydrogen-bond donors (Lipinski definition) is 0. The number of alkyl halides is 3. The van der Waals surface area contributed by atoms with Crippen molar-refractivity contribution >= 4 is 17.6 Å². The van der Waals surface area contributed by atoms with Gasteiger partial charge in [0.2, 0.25) is 0 Å². The van der Waals surface area contributed by atoms with Gasteiger partial charge in [0.25, 0.3) is 6.43 Å². The second-order valence-electron chi connectivity index (χ2n) is 2.77. The molecule has 0 aliphatic rings. The number of carbonyl (C=O) groups excluding carboxylic acids is 1. The minimum absolute atomic E-state index is 0.134. The Morgan fingerprint density at radius 3 is 2.69 bits per heavy atom. The minimum atomic E-state index is -3.14. The molecule has 0 atom stereocenters. The lowest BCUT2D eigenvalue weighted by Crippen LogP contribution is -2.13. The van der Waals surface area contributed by atoms with Crippen LogP contribution >= 0.6 is 11.6 Å². The minimum Gasteiger partial charge on any atom is -0.465 e. The van der Waals surface area contributed by atoms with Crippen LogP contribution in [-0.4, -0.2) is 18.1 Å². The molecule has 0 aliphatic carbocycles. The zero-order valence-electron chi connectivity index (χ0n) is 8.14. The van der Waals surface area contributed by atoms with Crippen LogP contribution in [0, 0.1) is 5.82 Å². The van der Waals surface area contributed by atoms with E-state index in [1.54, 1.807) is 0 Å². The molecule has 0 N–H and O–H groups in total. The van der Waals surface area contributed by atoms with Crippen molar-refractivity contribution in [3.8, 4) is 0 Å². The molecule has 0 amide bonds. The van der Waals surface area contributed by atoms with Crippen molar-refractivity contribution in [1.82, 2.24) is 4.98 Å². The molecule has 88 valence electrons. The largest absolute Gasteiger partial charge is 0.465 e. The number of methoxy groups -OCH3 is 1. The predicted molar refractivity (Wildman–Crippen MR) is 50.0 cm³/mol. The first-order valence-corrected chi connectivity index (χ1v) is 4.66. The van der Waals surface area contributed by atoms with Crippen LogP contribution in [0.15, 0.2) is 6.20 Å². The molecule has 0 bridgehead atoms. The molecular formula is C9H7ClF3NO2. The Kier molecular flexibility index (Phi) is 4.12. The van der Waals surface area contributed by atoms with Crippen molar-refractivity contribution in [2.45, 2.75) is 12.3 Å². The molecule has 1 aromatic heterocycles. The predicted octanol–water partition coefficient (Wildman–Crippen LogP) is 2.68. The third-order valence-corrected chi connectivity index (χ3v) is 2.14. The van der Waals surface area contributed by atoms with Gasteiger partial charge in [-0.15, -0.1) is 11.6 Å². The van der Waals surface area contributed by atoms with Crippen molar-refractivity contribution in [2.75, 3.05) is 7.11 Å². The molecule has 0 aromatic carbocycles. The van der Waals surface area contributed by atoms with E-state index in [1.165, 1.54) is 0 Å². The van der Waals surface area contributed by atoms with Gasteiger partial charge in [-0.2, -0.15) is 0 Å². The summed E-state index contributed by atoms with van der Waals surface area (Å²) in [5.41, 5.74) is -1.77. The summed E-state index contributed by atoms with van der Waals surface area (Å²) in [7, 11) is 1.00. The van der Waals surface area contributed by atoms with Gasteiger partial charge >= 0.3 is 5.97 Å². The molecule has 0 unspecified atom stereocenters. The summed E-state index contributed by atoms with van der Waals surface area (Å²) in [6.07, 6.45) is -2.54. The number of halogens is 4. The van der Waals surface area contributed by atoms with E-state index in [1.807, 2.05) is 0 Å². The van der Waals surface area contributed by atoms with Crippen LogP contribution in [0.1, 0.15) is 28.0 Å². The molecular weight excluding hydrogens is 247 g/mol. The Morgan fingerprint density at radius 1 is 1.62 bits per heavy atom. The Bertz CT molecular complexity index is 412. The maximum atomic E-state index is 13.1. The quantitative estimate of drug-likeness (QED) is 0.614. The van der Waals surface area contributed by atoms with Crippen LogP contribution < -0.4 is 0 Å². The number of hydrogen-bond acceptors (Lipinski definition) is 3. The number of ether oxygens (including phenoxy) is 1. The second-order valence-corrected chi connectivity index (χ2v) is 3.03. The molecule has 0 fully saturated rings. The lowest BCUT2D eigenvalue weighted by molar-refractivity contribution is 0.0585. The average Bonchev–Trinajstić information content (AvgIpc) is 2.27. The van der Waals surface area contributed by atoms with Crippen molar-refractivity contribution in [1.29, 1.82) is 0 Å². The first kappa shape index (κ1) is 12.8. The molecule has 3 nitrogen and oxygen atoms in total. The molecule has 0 radical (unpaired) electrons. The van der Waals surface area contributed by atoms with Crippen molar-refractivity contribution < 1.29 is 22.7 Å². The van der Waals surface area contributed by atoms with E-state index in [0.717, 1.165) is 7.11 Å². The number of carbonyl (C=O) groups is 1. The molecule has 0 saturated heterocycles. The maximum absolute atomic E-state index is 13.1. The highest BCUT2D eigenvalue weighted by atomic mass is 35.5. The summed E-state index contributed by atoms with van der Waals surface area (Å²) in [6.45, 7) is 0. The molecule has 0 aliphatic heterocycles. The molecule has 0 saturated carbocycles. The fourth-order valence-electron chi connectivity index (χ4n) is 1.19. The fraction of sp³-hybridized carbons (Fsp3) is 0.333. The zero-order valence-corrected chi connectivity index (χ0v) is 8.89. The van der Waals surface area contributed by atoms with Crippen LogP contribution in [0.25, 0.3) is 0 Å². The normalized spacial score (nSPS) is 10.6. The van der Waals surface area contributed by atoms with E-state index in [0.29, 0.717) is 6.20 Å². The molecule has 1 rings (SSSR count). The second kappa shape index (κ2) is 5.16. The van der Waals surface area contributed by atoms with Gasteiger partial charge in [-0.1, -0.05) is 0 Å². The molecule has 1 aromatic rings. The lowest BCUT2D eigenvalue weighted by Gasteiger charge is -2.10. The van der Waals surface area contributed by atoms with E-state index < -0.39 is 29.3 Å². The third kappa shape index (κ3) is 2.27. The van der Waals surface area contributed by atoms with E-state index in [4.69, 9.17) is 11.6 Å². The van der Waals surface area contributed by atoms with E-state index in [2.05, 4.69) is 9.72 Å². The van der Waals surface area contributed by atoms with Crippen LogP contribution in [0.3, 0.4) is 0 Å². The SMILES string of the molecule is COC(=O)c1c(CCl)ncc(F)c1C(F)F. The van der Waals surface area contributed by atoms with E-state index in [-0.39, 0.29) is 11.6 Å². The highest BCUT2D eigenvalue weighted by Gasteiger charge is 2.27.